The third-order valence-corrected chi connectivity index (χ3v) is 3.48. The van der Waals surface area contributed by atoms with Crippen molar-refractivity contribution in [1.82, 2.24) is 5.32 Å². The highest BCUT2D eigenvalue weighted by Gasteiger charge is 2.22. The van der Waals surface area contributed by atoms with E-state index in [1.54, 1.807) is 0 Å². The Hall–Kier alpha value is -0.820. The summed E-state index contributed by atoms with van der Waals surface area (Å²) in [6, 6.07) is 11.6. The highest BCUT2D eigenvalue weighted by atomic mass is 14.9. The van der Waals surface area contributed by atoms with E-state index < -0.39 is 0 Å². The minimum atomic E-state index is 0.650. The Morgan fingerprint density at radius 2 is 1.87 bits per heavy atom. The molecule has 1 aliphatic rings. The summed E-state index contributed by atoms with van der Waals surface area (Å²) in [5, 5.41) is 3.61. The number of rotatable bonds is 5. The maximum atomic E-state index is 3.61. The second-order valence-corrected chi connectivity index (χ2v) is 4.86. The van der Waals surface area contributed by atoms with Gasteiger partial charge in [0.25, 0.3) is 0 Å². The van der Waals surface area contributed by atoms with Crippen molar-refractivity contribution in [3.8, 4) is 0 Å². The molecule has 0 saturated heterocycles. The predicted octanol–water partition coefficient (Wildman–Crippen LogP) is 3.18. The van der Waals surface area contributed by atoms with Gasteiger partial charge in [0.05, 0.1) is 0 Å². The lowest BCUT2D eigenvalue weighted by atomic mass is 9.89. The van der Waals surface area contributed by atoms with Crippen LogP contribution in [-0.2, 0) is 0 Å². The molecule has 15 heavy (non-hydrogen) atoms. The van der Waals surface area contributed by atoms with Gasteiger partial charge in [-0.15, -0.1) is 0 Å². The van der Waals surface area contributed by atoms with Gasteiger partial charge in [0, 0.05) is 6.04 Å². The fourth-order valence-corrected chi connectivity index (χ4v) is 1.90. The van der Waals surface area contributed by atoms with E-state index in [0.717, 1.165) is 12.6 Å². The highest BCUT2D eigenvalue weighted by molar-refractivity contribution is 5.19. The number of benzene rings is 1. The molecule has 1 aliphatic carbocycles. The molecule has 2 rings (SSSR count). The lowest BCUT2D eigenvalue weighted by Gasteiger charge is -2.20. The first kappa shape index (κ1) is 10.7. The Bertz CT molecular complexity index is 289. The van der Waals surface area contributed by atoms with Crippen LogP contribution in [0.1, 0.15) is 38.2 Å². The molecular formula is C14H21N. The molecule has 0 aromatic heterocycles. The van der Waals surface area contributed by atoms with Crippen LogP contribution < -0.4 is 5.32 Å². The molecule has 2 atom stereocenters. The van der Waals surface area contributed by atoms with Crippen molar-refractivity contribution in [3.05, 3.63) is 35.9 Å². The van der Waals surface area contributed by atoms with Crippen molar-refractivity contribution in [2.75, 3.05) is 6.54 Å². The normalized spacial score (nSPS) is 19.9. The third-order valence-electron chi connectivity index (χ3n) is 3.48. The van der Waals surface area contributed by atoms with Crippen molar-refractivity contribution in [2.24, 2.45) is 5.92 Å². The van der Waals surface area contributed by atoms with Crippen molar-refractivity contribution in [3.63, 3.8) is 0 Å². The molecule has 0 spiro atoms. The zero-order valence-electron chi connectivity index (χ0n) is 9.74. The van der Waals surface area contributed by atoms with Crippen molar-refractivity contribution >= 4 is 0 Å². The fraction of sp³-hybridized carbons (Fsp3) is 0.571. The van der Waals surface area contributed by atoms with Crippen LogP contribution in [0.25, 0.3) is 0 Å². The molecule has 1 nitrogen and oxygen atoms in total. The van der Waals surface area contributed by atoms with Gasteiger partial charge >= 0.3 is 0 Å². The fourth-order valence-electron chi connectivity index (χ4n) is 1.90. The Labute approximate surface area is 92.9 Å². The largest absolute Gasteiger partial charge is 0.314 e. The topological polar surface area (TPSA) is 12.0 Å². The van der Waals surface area contributed by atoms with E-state index in [1.807, 2.05) is 0 Å². The summed E-state index contributed by atoms with van der Waals surface area (Å²) in [6.07, 6.45) is 2.76. The maximum Gasteiger partial charge on any atom is 0.00683 e. The van der Waals surface area contributed by atoms with E-state index in [0.29, 0.717) is 11.8 Å². The Kier molecular flexibility index (Phi) is 3.42. The van der Waals surface area contributed by atoms with Crippen molar-refractivity contribution in [1.29, 1.82) is 0 Å². The summed E-state index contributed by atoms with van der Waals surface area (Å²) in [4.78, 5) is 0. The average molecular weight is 203 g/mol. The van der Waals surface area contributed by atoms with Gasteiger partial charge in [0.15, 0.2) is 0 Å². The van der Waals surface area contributed by atoms with Crippen LogP contribution in [0.2, 0.25) is 0 Å². The minimum Gasteiger partial charge on any atom is -0.314 e. The summed E-state index contributed by atoms with van der Waals surface area (Å²) >= 11 is 0. The Morgan fingerprint density at radius 3 is 2.47 bits per heavy atom. The zero-order valence-corrected chi connectivity index (χ0v) is 9.74. The maximum absolute atomic E-state index is 3.61. The minimum absolute atomic E-state index is 0.650. The average Bonchev–Trinajstić information content (AvgIpc) is 3.10. The van der Waals surface area contributed by atoms with E-state index in [9.17, 15) is 0 Å². The van der Waals surface area contributed by atoms with Gasteiger partial charge in [-0.3, -0.25) is 0 Å². The molecule has 0 bridgehead atoms. The van der Waals surface area contributed by atoms with Crippen LogP contribution in [0.15, 0.2) is 30.3 Å². The molecule has 2 unspecified atom stereocenters. The predicted molar refractivity (Wildman–Crippen MR) is 65.0 cm³/mol. The van der Waals surface area contributed by atoms with Crippen LogP contribution in [0.3, 0.4) is 0 Å². The molecule has 0 heterocycles. The molecule has 82 valence electrons. The standard InChI is InChI=1S/C14H21N/c1-11(10-15-14-8-9-14)12(2)13-6-4-3-5-7-13/h3-7,11-12,14-15H,8-10H2,1-2H3. The number of hydrogen-bond acceptors (Lipinski definition) is 1. The van der Waals surface area contributed by atoms with Gasteiger partial charge < -0.3 is 5.32 Å². The molecule has 0 radical (unpaired) electrons. The molecule has 1 fully saturated rings. The SMILES string of the molecule is CC(CNC1CC1)C(C)c1ccccc1. The third kappa shape index (κ3) is 3.07. The van der Waals surface area contributed by atoms with Crippen LogP contribution in [0.4, 0.5) is 0 Å². The van der Waals surface area contributed by atoms with E-state index in [-0.39, 0.29) is 0 Å². The molecule has 1 N–H and O–H groups in total. The lowest BCUT2D eigenvalue weighted by Crippen LogP contribution is -2.26. The molecule has 1 saturated carbocycles. The summed E-state index contributed by atoms with van der Waals surface area (Å²) in [5.74, 6) is 1.37. The molecule has 0 amide bonds. The van der Waals surface area contributed by atoms with E-state index in [1.165, 1.54) is 18.4 Å². The van der Waals surface area contributed by atoms with Crippen LogP contribution in [-0.4, -0.2) is 12.6 Å². The lowest BCUT2D eigenvalue weighted by molar-refractivity contribution is 0.446. The van der Waals surface area contributed by atoms with E-state index in [4.69, 9.17) is 0 Å². The van der Waals surface area contributed by atoms with Gasteiger partial charge in [0.2, 0.25) is 0 Å². The van der Waals surface area contributed by atoms with Crippen LogP contribution in [0.5, 0.6) is 0 Å². The molecule has 0 aliphatic heterocycles. The van der Waals surface area contributed by atoms with Gasteiger partial charge in [-0.1, -0.05) is 44.2 Å². The van der Waals surface area contributed by atoms with Crippen LogP contribution >= 0.6 is 0 Å². The van der Waals surface area contributed by atoms with Crippen molar-refractivity contribution in [2.45, 2.75) is 38.6 Å². The van der Waals surface area contributed by atoms with Gasteiger partial charge in [0.1, 0.15) is 0 Å². The smallest absolute Gasteiger partial charge is 0.00683 e. The summed E-state index contributed by atoms with van der Waals surface area (Å²) in [5.41, 5.74) is 1.46. The molecular weight excluding hydrogens is 182 g/mol. The first-order valence-electron chi connectivity index (χ1n) is 6.05. The monoisotopic (exact) mass is 203 g/mol. The number of nitrogens with one attached hydrogen (secondary N) is 1. The highest BCUT2D eigenvalue weighted by Crippen LogP contribution is 2.25. The second kappa shape index (κ2) is 4.80. The van der Waals surface area contributed by atoms with Crippen molar-refractivity contribution < 1.29 is 0 Å². The van der Waals surface area contributed by atoms with Gasteiger partial charge in [-0.2, -0.15) is 0 Å². The molecule has 1 aromatic rings. The van der Waals surface area contributed by atoms with Gasteiger partial charge in [-0.05, 0) is 36.8 Å². The first-order chi connectivity index (χ1) is 7.27. The van der Waals surface area contributed by atoms with Gasteiger partial charge in [-0.25, -0.2) is 0 Å². The molecule has 1 heteroatoms. The number of hydrogen-bond donors (Lipinski definition) is 1. The summed E-state index contributed by atoms with van der Waals surface area (Å²) in [6.45, 7) is 5.82. The Balaban J connectivity index is 1.85. The van der Waals surface area contributed by atoms with Crippen LogP contribution in [0, 0.1) is 5.92 Å². The summed E-state index contributed by atoms with van der Waals surface area (Å²) in [7, 11) is 0. The quantitative estimate of drug-likeness (QED) is 0.775. The van der Waals surface area contributed by atoms with E-state index >= 15 is 0 Å². The second-order valence-electron chi connectivity index (χ2n) is 4.86. The zero-order chi connectivity index (χ0) is 10.7. The van der Waals surface area contributed by atoms with E-state index in [2.05, 4.69) is 49.5 Å². The molecule has 1 aromatic carbocycles. The Morgan fingerprint density at radius 1 is 1.20 bits per heavy atom. The first-order valence-corrected chi connectivity index (χ1v) is 6.05. The summed E-state index contributed by atoms with van der Waals surface area (Å²) < 4.78 is 0.